The van der Waals surface area contributed by atoms with Crippen molar-refractivity contribution in [1.82, 2.24) is 25.0 Å². The third-order valence-electron chi connectivity index (χ3n) is 4.68. The van der Waals surface area contributed by atoms with Crippen molar-refractivity contribution in [3.63, 3.8) is 0 Å². The maximum Gasteiger partial charge on any atom is 0.325 e. The van der Waals surface area contributed by atoms with Crippen LogP contribution in [0.4, 0.5) is 10.7 Å². The zero-order valence-electron chi connectivity index (χ0n) is 13.7. The van der Waals surface area contributed by atoms with Crippen LogP contribution in [0.1, 0.15) is 18.7 Å². The largest absolute Gasteiger partial charge is 0.325 e. The van der Waals surface area contributed by atoms with Crippen LogP contribution in [0.15, 0.2) is 24.3 Å². The molecule has 1 aromatic heterocycles. The fourth-order valence-electron chi connectivity index (χ4n) is 3.44. The van der Waals surface area contributed by atoms with E-state index < -0.39 is 18.2 Å². The lowest BCUT2D eigenvalue weighted by molar-refractivity contribution is -0.124. The Bertz CT molecular complexity index is 828. The standard InChI is InChI=1S/C16H18N6O2/c1-4-21-11-13(23)17-16(24)20(3)14(11)22-12(18-19-15(21)22)10-7-5-9(2)6-8-10/h5-8,11,14H,4H2,1-3H3,(H,17,23,24). The van der Waals surface area contributed by atoms with Gasteiger partial charge in [0.05, 0.1) is 0 Å². The third kappa shape index (κ3) is 1.85. The van der Waals surface area contributed by atoms with Crippen molar-refractivity contribution in [2.24, 2.45) is 0 Å². The Morgan fingerprint density at radius 2 is 1.88 bits per heavy atom. The van der Waals surface area contributed by atoms with Crippen molar-refractivity contribution in [2.45, 2.75) is 26.1 Å². The molecule has 8 nitrogen and oxygen atoms in total. The van der Waals surface area contributed by atoms with E-state index >= 15 is 0 Å². The number of amides is 3. The van der Waals surface area contributed by atoms with Gasteiger partial charge in [0, 0.05) is 19.2 Å². The van der Waals surface area contributed by atoms with E-state index in [1.807, 2.05) is 47.6 Å². The minimum atomic E-state index is -0.493. The first-order chi connectivity index (χ1) is 11.5. The van der Waals surface area contributed by atoms with E-state index in [1.165, 1.54) is 4.90 Å². The summed E-state index contributed by atoms with van der Waals surface area (Å²) in [5.41, 5.74) is 2.06. The average molecular weight is 326 g/mol. The summed E-state index contributed by atoms with van der Waals surface area (Å²) in [4.78, 5) is 27.9. The molecule has 1 aromatic carbocycles. The lowest BCUT2D eigenvalue weighted by atomic mass is 10.1. The predicted octanol–water partition coefficient (Wildman–Crippen LogP) is 1.14. The summed E-state index contributed by atoms with van der Waals surface area (Å²) in [5, 5.41) is 11.0. The number of aromatic nitrogens is 3. The van der Waals surface area contributed by atoms with Crippen LogP contribution in [0, 0.1) is 6.92 Å². The lowest BCUT2D eigenvalue weighted by Gasteiger charge is -2.36. The number of likely N-dealkylation sites (N-methyl/N-ethyl adjacent to an activating group) is 2. The summed E-state index contributed by atoms with van der Waals surface area (Å²) in [6, 6.07) is 7.05. The van der Waals surface area contributed by atoms with E-state index in [0.717, 1.165) is 11.1 Å². The van der Waals surface area contributed by atoms with E-state index in [9.17, 15) is 9.59 Å². The van der Waals surface area contributed by atoms with Gasteiger partial charge in [-0.05, 0) is 13.8 Å². The molecule has 3 amide bonds. The van der Waals surface area contributed by atoms with Crippen LogP contribution in [0.3, 0.4) is 0 Å². The average Bonchev–Trinajstić information content (AvgIpc) is 3.11. The van der Waals surface area contributed by atoms with E-state index in [-0.39, 0.29) is 5.91 Å². The Hall–Kier alpha value is -2.90. The molecule has 8 heteroatoms. The zero-order valence-corrected chi connectivity index (χ0v) is 13.7. The molecule has 1 saturated heterocycles. The van der Waals surface area contributed by atoms with E-state index in [2.05, 4.69) is 15.5 Å². The summed E-state index contributed by atoms with van der Waals surface area (Å²) in [7, 11) is 1.68. The first kappa shape index (κ1) is 14.7. The van der Waals surface area contributed by atoms with Gasteiger partial charge in [-0.3, -0.25) is 14.7 Å². The second-order valence-corrected chi connectivity index (χ2v) is 6.11. The SMILES string of the molecule is CCN1c2nnc(-c3ccc(C)cc3)n2C2C1C(=O)NC(=O)N2C. The number of benzene rings is 1. The molecule has 124 valence electrons. The Balaban J connectivity index is 1.89. The predicted molar refractivity (Wildman–Crippen MR) is 87.3 cm³/mol. The number of hydrogen-bond donors (Lipinski definition) is 1. The Kier molecular flexibility index (Phi) is 3.09. The number of hydrogen-bond acceptors (Lipinski definition) is 5. The molecule has 24 heavy (non-hydrogen) atoms. The molecule has 0 saturated carbocycles. The highest BCUT2D eigenvalue weighted by molar-refractivity contribution is 6.02. The number of imide groups is 1. The summed E-state index contributed by atoms with van der Waals surface area (Å²) < 4.78 is 1.88. The maximum atomic E-state index is 12.4. The van der Waals surface area contributed by atoms with Crippen LogP contribution in [0.2, 0.25) is 0 Å². The number of nitrogens with zero attached hydrogens (tertiary/aromatic N) is 5. The Morgan fingerprint density at radius 3 is 2.54 bits per heavy atom. The summed E-state index contributed by atoms with van der Waals surface area (Å²) in [6.45, 7) is 4.57. The maximum absolute atomic E-state index is 12.4. The quantitative estimate of drug-likeness (QED) is 0.895. The molecule has 0 spiro atoms. The molecular weight excluding hydrogens is 308 g/mol. The van der Waals surface area contributed by atoms with Crippen LogP contribution in [-0.4, -0.2) is 51.2 Å². The lowest BCUT2D eigenvalue weighted by Crippen LogP contribution is -2.61. The molecule has 3 heterocycles. The number of rotatable bonds is 2. The molecule has 2 unspecified atom stereocenters. The van der Waals surface area contributed by atoms with Gasteiger partial charge in [-0.1, -0.05) is 29.8 Å². The van der Waals surface area contributed by atoms with Crippen molar-refractivity contribution >= 4 is 17.9 Å². The molecule has 2 aliphatic rings. The van der Waals surface area contributed by atoms with Crippen molar-refractivity contribution in [1.29, 1.82) is 0 Å². The van der Waals surface area contributed by atoms with Crippen molar-refractivity contribution < 1.29 is 9.59 Å². The number of anilines is 1. The number of carbonyl (C=O) groups is 2. The summed E-state index contributed by atoms with van der Waals surface area (Å²) >= 11 is 0. The number of urea groups is 1. The minimum absolute atomic E-state index is 0.301. The third-order valence-corrected chi connectivity index (χ3v) is 4.68. The summed E-state index contributed by atoms with van der Waals surface area (Å²) in [5.74, 6) is 0.968. The molecule has 2 aliphatic heterocycles. The summed E-state index contributed by atoms with van der Waals surface area (Å²) in [6.07, 6.45) is -0.451. The van der Waals surface area contributed by atoms with E-state index in [1.54, 1.807) is 7.05 Å². The normalized spacial score (nSPS) is 22.5. The van der Waals surface area contributed by atoms with Gasteiger partial charge in [0.15, 0.2) is 11.9 Å². The van der Waals surface area contributed by atoms with E-state index in [4.69, 9.17) is 0 Å². The first-order valence-corrected chi connectivity index (χ1v) is 7.89. The van der Waals surface area contributed by atoms with Gasteiger partial charge in [-0.25, -0.2) is 4.79 Å². The van der Waals surface area contributed by atoms with Crippen LogP contribution >= 0.6 is 0 Å². The van der Waals surface area contributed by atoms with Gasteiger partial charge in [0.2, 0.25) is 5.95 Å². The van der Waals surface area contributed by atoms with Gasteiger partial charge in [0.25, 0.3) is 5.91 Å². The molecule has 2 atom stereocenters. The molecule has 1 N–H and O–H groups in total. The molecule has 1 fully saturated rings. The van der Waals surface area contributed by atoms with Gasteiger partial charge in [0.1, 0.15) is 6.17 Å². The number of aryl methyl sites for hydroxylation is 1. The highest BCUT2D eigenvalue weighted by Gasteiger charge is 2.51. The van der Waals surface area contributed by atoms with Gasteiger partial charge in [-0.15, -0.1) is 10.2 Å². The van der Waals surface area contributed by atoms with Gasteiger partial charge >= 0.3 is 6.03 Å². The number of fused-ring (bicyclic) bond motifs is 3. The van der Waals surface area contributed by atoms with Crippen LogP contribution in [-0.2, 0) is 4.79 Å². The monoisotopic (exact) mass is 326 g/mol. The Labute approximate surface area is 139 Å². The zero-order chi connectivity index (χ0) is 17.0. The smallest absolute Gasteiger partial charge is 0.325 e. The van der Waals surface area contributed by atoms with Crippen molar-refractivity contribution in [3.05, 3.63) is 29.8 Å². The molecule has 4 rings (SSSR count). The Morgan fingerprint density at radius 1 is 1.17 bits per heavy atom. The fraction of sp³-hybridized carbons (Fsp3) is 0.375. The van der Waals surface area contributed by atoms with Crippen LogP contribution in [0.25, 0.3) is 11.4 Å². The van der Waals surface area contributed by atoms with Crippen molar-refractivity contribution in [3.8, 4) is 11.4 Å². The first-order valence-electron chi connectivity index (χ1n) is 7.89. The molecule has 0 radical (unpaired) electrons. The van der Waals surface area contributed by atoms with Crippen molar-refractivity contribution in [2.75, 3.05) is 18.5 Å². The number of nitrogens with one attached hydrogen (secondary N) is 1. The highest BCUT2D eigenvalue weighted by Crippen LogP contribution is 2.40. The molecule has 0 bridgehead atoms. The second-order valence-electron chi connectivity index (χ2n) is 6.11. The molecule has 2 aromatic rings. The highest BCUT2D eigenvalue weighted by atomic mass is 16.2. The second kappa shape index (κ2) is 5.05. The number of carbonyl (C=O) groups excluding carboxylic acids is 2. The topological polar surface area (TPSA) is 83.4 Å². The molecule has 0 aliphatic carbocycles. The van der Waals surface area contributed by atoms with E-state index in [0.29, 0.717) is 18.3 Å². The van der Waals surface area contributed by atoms with Crippen LogP contribution < -0.4 is 10.2 Å². The van der Waals surface area contributed by atoms with Gasteiger partial charge < -0.3 is 9.80 Å². The minimum Gasteiger partial charge on any atom is -0.325 e. The molecular formula is C16H18N6O2. The van der Waals surface area contributed by atoms with Gasteiger partial charge in [-0.2, -0.15) is 0 Å². The fourth-order valence-corrected chi connectivity index (χ4v) is 3.44. The van der Waals surface area contributed by atoms with Crippen LogP contribution in [0.5, 0.6) is 0 Å².